The van der Waals surface area contributed by atoms with E-state index >= 15 is 0 Å². The zero-order valence-electron chi connectivity index (χ0n) is 9.05. The fraction of sp³-hybridized carbons (Fsp3) is 0.700. The molecule has 0 aliphatic carbocycles. The van der Waals surface area contributed by atoms with Gasteiger partial charge in [-0.3, -0.25) is 10.2 Å². The van der Waals surface area contributed by atoms with Crippen molar-refractivity contribution in [3.05, 3.63) is 11.6 Å². The standard InChI is InChI=1S/C10H20N2O/c1-5-8-9(4)10(13)11-12(6-2)7-3/h8H,5-7H2,1-4H3,(H,11,13)/b9-8+. The first-order chi connectivity index (χ1) is 6.15. The van der Waals surface area contributed by atoms with Crippen LogP contribution in [0.5, 0.6) is 0 Å². The third-order valence-electron chi connectivity index (χ3n) is 1.89. The summed E-state index contributed by atoms with van der Waals surface area (Å²) in [4.78, 5) is 11.4. The minimum absolute atomic E-state index is 0.00514. The molecule has 76 valence electrons. The van der Waals surface area contributed by atoms with Crippen LogP contribution in [-0.4, -0.2) is 24.0 Å². The van der Waals surface area contributed by atoms with Crippen LogP contribution in [0, 0.1) is 0 Å². The molecule has 0 aromatic heterocycles. The molecule has 1 N–H and O–H groups in total. The van der Waals surface area contributed by atoms with Gasteiger partial charge in [0.2, 0.25) is 0 Å². The van der Waals surface area contributed by atoms with E-state index in [-0.39, 0.29) is 5.91 Å². The van der Waals surface area contributed by atoms with Crippen molar-refractivity contribution in [1.29, 1.82) is 0 Å². The van der Waals surface area contributed by atoms with E-state index in [4.69, 9.17) is 0 Å². The maximum Gasteiger partial charge on any atom is 0.260 e. The first-order valence-electron chi connectivity index (χ1n) is 4.88. The van der Waals surface area contributed by atoms with Crippen molar-refractivity contribution >= 4 is 5.91 Å². The predicted molar refractivity (Wildman–Crippen MR) is 55.1 cm³/mol. The average molecular weight is 184 g/mol. The Morgan fingerprint density at radius 3 is 2.23 bits per heavy atom. The molecule has 0 saturated heterocycles. The summed E-state index contributed by atoms with van der Waals surface area (Å²) in [7, 11) is 0. The number of carbonyl (C=O) groups excluding carboxylic acids is 1. The third kappa shape index (κ3) is 4.68. The molecular formula is C10H20N2O. The third-order valence-corrected chi connectivity index (χ3v) is 1.89. The highest BCUT2D eigenvalue weighted by atomic mass is 16.2. The van der Waals surface area contributed by atoms with Gasteiger partial charge < -0.3 is 0 Å². The highest BCUT2D eigenvalue weighted by molar-refractivity contribution is 5.92. The Morgan fingerprint density at radius 1 is 1.31 bits per heavy atom. The molecule has 0 bridgehead atoms. The molecule has 0 aliphatic heterocycles. The molecule has 0 fully saturated rings. The van der Waals surface area contributed by atoms with Crippen LogP contribution >= 0.6 is 0 Å². The lowest BCUT2D eigenvalue weighted by atomic mass is 10.2. The molecule has 3 heteroatoms. The Labute approximate surface area is 80.8 Å². The van der Waals surface area contributed by atoms with Crippen molar-refractivity contribution in [2.75, 3.05) is 13.1 Å². The Kier molecular flexibility index (Phi) is 6.24. The minimum atomic E-state index is 0.00514. The van der Waals surface area contributed by atoms with Crippen molar-refractivity contribution in [2.45, 2.75) is 34.1 Å². The molecule has 0 rings (SSSR count). The fourth-order valence-electron chi connectivity index (χ4n) is 1.01. The number of amides is 1. The van der Waals surface area contributed by atoms with Gasteiger partial charge in [-0.1, -0.05) is 26.8 Å². The minimum Gasteiger partial charge on any atom is -0.285 e. The maximum absolute atomic E-state index is 11.4. The number of carbonyl (C=O) groups is 1. The second kappa shape index (κ2) is 6.66. The van der Waals surface area contributed by atoms with Crippen LogP contribution in [0.4, 0.5) is 0 Å². The highest BCUT2D eigenvalue weighted by Crippen LogP contribution is 1.95. The monoisotopic (exact) mass is 184 g/mol. The van der Waals surface area contributed by atoms with Crippen LogP contribution in [0.2, 0.25) is 0 Å². The second-order valence-electron chi connectivity index (χ2n) is 2.91. The van der Waals surface area contributed by atoms with Gasteiger partial charge in [0.1, 0.15) is 0 Å². The van der Waals surface area contributed by atoms with Crippen LogP contribution in [-0.2, 0) is 4.79 Å². The first kappa shape index (κ1) is 12.2. The van der Waals surface area contributed by atoms with Crippen LogP contribution in [0.15, 0.2) is 11.6 Å². The summed E-state index contributed by atoms with van der Waals surface area (Å²) in [5.74, 6) is 0.00514. The SMILES string of the molecule is CC/C=C(\C)C(=O)NN(CC)CC. The summed E-state index contributed by atoms with van der Waals surface area (Å²) in [5.41, 5.74) is 3.61. The lowest BCUT2D eigenvalue weighted by Gasteiger charge is -2.19. The molecule has 0 radical (unpaired) electrons. The number of allylic oxidation sites excluding steroid dienone is 1. The van der Waals surface area contributed by atoms with Gasteiger partial charge in [0.05, 0.1) is 0 Å². The highest BCUT2D eigenvalue weighted by Gasteiger charge is 2.06. The lowest BCUT2D eigenvalue weighted by Crippen LogP contribution is -2.42. The number of hydrazine groups is 1. The molecule has 0 heterocycles. The van der Waals surface area contributed by atoms with Crippen molar-refractivity contribution in [2.24, 2.45) is 0 Å². The largest absolute Gasteiger partial charge is 0.285 e. The Hall–Kier alpha value is -0.830. The molecule has 0 aromatic rings. The summed E-state index contributed by atoms with van der Waals surface area (Å²) in [6, 6.07) is 0. The topological polar surface area (TPSA) is 32.3 Å². The number of nitrogens with zero attached hydrogens (tertiary/aromatic N) is 1. The zero-order valence-corrected chi connectivity index (χ0v) is 9.05. The summed E-state index contributed by atoms with van der Waals surface area (Å²) in [6.07, 6.45) is 2.83. The number of nitrogens with one attached hydrogen (secondary N) is 1. The van der Waals surface area contributed by atoms with Crippen LogP contribution in [0.3, 0.4) is 0 Å². The van der Waals surface area contributed by atoms with E-state index in [1.54, 1.807) is 0 Å². The number of rotatable bonds is 5. The molecular weight excluding hydrogens is 164 g/mol. The zero-order chi connectivity index (χ0) is 10.3. The first-order valence-corrected chi connectivity index (χ1v) is 4.88. The van der Waals surface area contributed by atoms with E-state index in [2.05, 4.69) is 5.43 Å². The van der Waals surface area contributed by atoms with Gasteiger partial charge in [0.25, 0.3) is 5.91 Å². The average Bonchev–Trinajstić information content (AvgIpc) is 2.14. The van der Waals surface area contributed by atoms with Gasteiger partial charge in [-0.2, -0.15) is 0 Å². The van der Waals surface area contributed by atoms with Gasteiger partial charge in [0, 0.05) is 18.7 Å². The van der Waals surface area contributed by atoms with Crippen molar-refractivity contribution in [1.82, 2.24) is 10.4 Å². The van der Waals surface area contributed by atoms with E-state index in [1.165, 1.54) is 0 Å². The van der Waals surface area contributed by atoms with E-state index in [9.17, 15) is 4.79 Å². The van der Waals surface area contributed by atoms with E-state index < -0.39 is 0 Å². The fourth-order valence-corrected chi connectivity index (χ4v) is 1.01. The molecule has 0 unspecified atom stereocenters. The maximum atomic E-state index is 11.4. The predicted octanol–water partition coefficient (Wildman–Crippen LogP) is 1.72. The van der Waals surface area contributed by atoms with E-state index in [1.807, 2.05) is 38.8 Å². The Morgan fingerprint density at radius 2 is 1.85 bits per heavy atom. The summed E-state index contributed by atoms with van der Waals surface area (Å²) in [5, 5.41) is 1.88. The Balaban J connectivity index is 4.05. The number of hydrogen-bond donors (Lipinski definition) is 1. The summed E-state index contributed by atoms with van der Waals surface area (Å²) >= 11 is 0. The van der Waals surface area contributed by atoms with Crippen LogP contribution in [0.25, 0.3) is 0 Å². The Bertz CT molecular complexity index is 183. The molecule has 0 aromatic carbocycles. The van der Waals surface area contributed by atoms with Gasteiger partial charge in [-0.15, -0.1) is 0 Å². The normalized spacial score (nSPS) is 11.9. The van der Waals surface area contributed by atoms with Crippen molar-refractivity contribution in [3.8, 4) is 0 Å². The lowest BCUT2D eigenvalue weighted by molar-refractivity contribution is -0.122. The van der Waals surface area contributed by atoms with E-state index in [0.29, 0.717) is 0 Å². The number of hydrogen-bond acceptors (Lipinski definition) is 2. The molecule has 0 saturated carbocycles. The molecule has 0 atom stereocenters. The quantitative estimate of drug-likeness (QED) is 0.521. The second-order valence-corrected chi connectivity index (χ2v) is 2.91. The van der Waals surface area contributed by atoms with Crippen LogP contribution < -0.4 is 5.43 Å². The van der Waals surface area contributed by atoms with Gasteiger partial charge in [-0.25, -0.2) is 5.01 Å². The summed E-state index contributed by atoms with van der Waals surface area (Å²) in [6.45, 7) is 9.56. The molecule has 13 heavy (non-hydrogen) atoms. The molecule has 1 amide bonds. The van der Waals surface area contributed by atoms with Gasteiger partial charge in [0.15, 0.2) is 0 Å². The smallest absolute Gasteiger partial charge is 0.260 e. The van der Waals surface area contributed by atoms with E-state index in [0.717, 1.165) is 25.1 Å². The van der Waals surface area contributed by atoms with Crippen molar-refractivity contribution < 1.29 is 4.79 Å². The summed E-state index contributed by atoms with van der Waals surface area (Å²) < 4.78 is 0. The van der Waals surface area contributed by atoms with Crippen molar-refractivity contribution in [3.63, 3.8) is 0 Å². The van der Waals surface area contributed by atoms with Gasteiger partial charge >= 0.3 is 0 Å². The van der Waals surface area contributed by atoms with Crippen LogP contribution in [0.1, 0.15) is 34.1 Å². The molecule has 3 nitrogen and oxygen atoms in total. The molecule has 0 spiro atoms. The molecule has 0 aliphatic rings. The van der Waals surface area contributed by atoms with Gasteiger partial charge in [-0.05, 0) is 13.3 Å².